The van der Waals surface area contributed by atoms with Crippen LogP contribution in [0.3, 0.4) is 0 Å². The molecule has 0 atom stereocenters. The molecule has 0 N–H and O–H groups in total. The van der Waals surface area contributed by atoms with E-state index in [-0.39, 0.29) is 5.91 Å². The summed E-state index contributed by atoms with van der Waals surface area (Å²) in [7, 11) is 0. The molecule has 4 nitrogen and oxygen atoms in total. The van der Waals surface area contributed by atoms with Gasteiger partial charge in [0, 0.05) is 25.5 Å². The highest BCUT2D eigenvalue weighted by atomic mass is 35.5. The van der Waals surface area contributed by atoms with Crippen molar-refractivity contribution in [1.29, 1.82) is 0 Å². The molecule has 0 fully saturated rings. The lowest BCUT2D eigenvalue weighted by molar-refractivity contribution is -0.129. The molecule has 2 heterocycles. The van der Waals surface area contributed by atoms with Crippen LogP contribution in [0.25, 0.3) is 0 Å². The number of amides is 1. The molecule has 1 aromatic heterocycles. The van der Waals surface area contributed by atoms with Crippen molar-refractivity contribution in [2.24, 2.45) is 0 Å². The smallest absolute Gasteiger partial charge is 0.219 e. The quantitative estimate of drug-likeness (QED) is 0.626. The second-order valence-electron chi connectivity index (χ2n) is 3.68. The van der Waals surface area contributed by atoms with Gasteiger partial charge < -0.3 is 4.90 Å². The van der Waals surface area contributed by atoms with Gasteiger partial charge in [0.2, 0.25) is 5.91 Å². The Morgan fingerprint density at radius 3 is 2.87 bits per heavy atom. The molecule has 80 valence electrons. The fourth-order valence-electron chi connectivity index (χ4n) is 1.76. The highest BCUT2D eigenvalue weighted by Gasteiger charge is 2.22. The number of nitrogens with zero attached hydrogens (tertiary/aromatic N) is 3. The standard InChI is InChI=1S/C10H12ClN3O/c1-6-12-9-3-4-14(7(2)15)5-8(9)10(11)13-6/h3-5H2,1-2H3. The zero-order valence-electron chi connectivity index (χ0n) is 8.75. The Labute approximate surface area is 93.3 Å². The second-order valence-corrected chi connectivity index (χ2v) is 4.04. The minimum Gasteiger partial charge on any atom is -0.338 e. The van der Waals surface area contributed by atoms with Crippen molar-refractivity contribution in [3.63, 3.8) is 0 Å². The van der Waals surface area contributed by atoms with E-state index in [4.69, 9.17) is 11.6 Å². The molecule has 0 aromatic carbocycles. The molecule has 2 rings (SSSR count). The summed E-state index contributed by atoms with van der Waals surface area (Å²) in [6, 6.07) is 0. The van der Waals surface area contributed by atoms with E-state index >= 15 is 0 Å². The monoisotopic (exact) mass is 225 g/mol. The predicted octanol–water partition coefficient (Wildman–Crippen LogP) is 1.34. The third-order valence-corrected chi connectivity index (χ3v) is 2.88. The van der Waals surface area contributed by atoms with Crippen LogP contribution in [0, 0.1) is 6.92 Å². The first-order valence-corrected chi connectivity index (χ1v) is 5.23. The number of fused-ring (bicyclic) bond motifs is 1. The lowest BCUT2D eigenvalue weighted by Gasteiger charge is -2.27. The van der Waals surface area contributed by atoms with Crippen molar-refractivity contribution in [2.45, 2.75) is 26.8 Å². The predicted molar refractivity (Wildman–Crippen MR) is 56.6 cm³/mol. The molecular weight excluding hydrogens is 214 g/mol. The topological polar surface area (TPSA) is 46.1 Å². The summed E-state index contributed by atoms with van der Waals surface area (Å²) in [6.07, 6.45) is 0.762. The molecule has 1 aliphatic heterocycles. The van der Waals surface area contributed by atoms with Crippen LogP contribution in [-0.2, 0) is 17.8 Å². The minimum atomic E-state index is 0.0669. The van der Waals surface area contributed by atoms with E-state index < -0.39 is 0 Å². The van der Waals surface area contributed by atoms with Gasteiger partial charge in [0.1, 0.15) is 11.0 Å². The average molecular weight is 226 g/mol. The fourth-order valence-corrected chi connectivity index (χ4v) is 2.05. The van der Waals surface area contributed by atoms with E-state index in [1.807, 2.05) is 6.92 Å². The number of hydrogen-bond donors (Lipinski definition) is 0. The van der Waals surface area contributed by atoms with E-state index in [9.17, 15) is 4.79 Å². The highest BCUT2D eigenvalue weighted by molar-refractivity contribution is 6.30. The van der Waals surface area contributed by atoms with Gasteiger partial charge in [-0.15, -0.1) is 0 Å². The summed E-state index contributed by atoms with van der Waals surface area (Å²) in [4.78, 5) is 21.4. The third-order valence-electron chi connectivity index (χ3n) is 2.57. The lowest BCUT2D eigenvalue weighted by Crippen LogP contribution is -2.35. The zero-order valence-corrected chi connectivity index (χ0v) is 9.51. The number of hydrogen-bond acceptors (Lipinski definition) is 3. The zero-order chi connectivity index (χ0) is 11.0. The van der Waals surface area contributed by atoms with Crippen LogP contribution in [0.1, 0.15) is 24.0 Å². The van der Waals surface area contributed by atoms with Gasteiger partial charge in [-0.2, -0.15) is 0 Å². The average Bonchev–Trinajstić information content (AvgIpc) is 2.16. The van der Waals surface area contributed by atoms with E-state index in [1.54, 1.807) is 11.8 Å². The molecule has 1 aromatic rings. The van der Waals surface area contributed by atoms with Crippen molar-refractivity contribution < 1.29 is 4.79 Å². The van der Waals surface area contributed by atoms with E-state index in [2.05, 4.69) is 9.97 Å². The fraction of sp³-hybridized carbons (Fsp3) is 0.500. The normalized spacial score (nSPS) is 15.0. The number of carbonyl (C=O) groups is 1. The number of halogens is 1. The maximum absolute atomic E-state index is 11.2. The molecule has 1 aliphatic rings. The van der Waals surface area contributed by atoms with Crippen molar-refractivity contribution in [3.05, 3.63) is 22.2 Å². The molecule has 5 heteroatoms. The molecule has 0 saturated heterocycles. The number of aryl methyl sites for hydroxylation is 1. The number of aromatic nitrogens is 2. The molecule has 0 saturated carbocycles. The van der Waals surface area contributed by atoms with Gasteiger partial charge in [-0.1, -0.05) is 11.6 Å². The Bertz CT molecular complexity index is 419. The molecule has 0 unspecified atom stereocenters. The van der Waals surface area contributed by atoms with Crippen LogP contribution >= 0.6 is 11.6 Å². The van der Waals surface area contributed by atoms with Gasteiger partial charge in [-0.25, -0.2) is 9.97 Å². The van der Waals surface area contributed by atoms with Crippen molar-refractivity contribution in [3.8, 4) is 0 Å². The summed E-state index contributed by atoms with van der Waals surface area (Å²) < 4.78 is 0. The summed E-state index contributed by atoms with van der Waals surface area (Å²) in [5.41, 5.74) is 1.87. The Balaban J connectivity index is 2.37. The molecule has 0 bridgehead atoms. The SMILES string of the molecule is CC(=O)N1CCc2nc(C)nc(Cl)c2C1. The van der Waals surface area contributed by atoms with Crippen LogP contribution in [0.15, 0.2) is 0 Å². The molecule has 0 spiro atoms. The van der Waals surface area contributed by atoms with Crippen LogP contribution < -0.4 is 0 Å². The first-order valence-electron chi connectivity index (χ1n) is 4.85. The molecular formula is C10H12ClN3O. The Morgan fingerprint density at radius 2 is 2.20 bits per heavy atom. The molecule has 0 aliphatic carbocycles. The number of rotatable bonds is 0. The van der Waals surface area contributed by atoms with Crippen LogP contribution in [0.2, 0.25) is 5.15 Å². The van der Waals surface area contributed by atoms with Crippen LogP contribution in [-0.4, -0.2) is 27.3 Å². The summed E-state index contributed by atoms with van der Waals surface area (Å²) in [5.74, 6) is 0.757. The van der Waals surface area contributed by atoms with Gasteiger partial charge in [0.25, 0.3) is 0 Å². The van der Waals surface area contributed by atoms with Gasteiger partial charge in [0.05, 0.1) is 12.2 Å². The third kappa shape index (κ3) is 1.95. The molecule has 15 heavy (non-hydrogen) atoms. The first kappa shape index (κ1) is 10.4. The summed E-state index contributed by atoms with van der Waals surface area (Å²) >= 11 is 6.03. The summed E-state index contributed by atoms with van der Waals surface area (Å²) in [6.45, 7) is 4.64. The Morgan fingerprint density at radius 1 is 1.47 bits per heavy atom. The molecule has 1 amide bonds. The maximum atomic E-state index is 11.2. The summed E-state index contributed by atoms with van der Waals surface area (Å²) in [5, 5.41) is 0.475. The van der Waals surface area contributed by atoms with Crippen LogP contribution in [0.4, 0.5) is 0 Å². The van der Waals surface area contributed by atoms with Crippen molar-refractivity contribution >= 4 is 17.5 Å². The van der Waals surface area contributed by atoms with Gasteiger partial charge >= 0.3 is 0 Å². The highest BCUT2D eigenvalue weighted by Crippen LogP contribution is 2.23. The molecule has 0 radical (unpaired) electrons. The van der Waals surface area contributed by atoms with Gasteiger partial charge in [-0.3, -0.25) is 4.79 Å². The minimum absolute atomic E-state index is 0.0669. The first-order chi connectivity index (χ1) is 7.08. The van der Waals surface area contributed by atoms with E-state index in [0.717, 1.165) is 24.2 Å². The van der Waals surface area contributed by atoms with Crippen molar-refractivity contribution in [1.82, 2.24) is 14.9 Å². The van der Waals surface area contributed by atoms with E-state index in [0.29, 0.717) is 17.5 Å². The second kappa shape index (κ2) is 3.77. The largest absolute Gasteiger partial charge is 0.338 e. The Hall–Kier alpha value is -1.16. The maximum Gasteiger partial charge on any atom is 0.219 e. The Kier molecular flexibility index (Phi) is 2.61. The van der Waals surface area contributed by atoms with Crippen LogP contribution in [0.5, 0.6) is 0 Å². The van der Waals surface area contributed by atoms with Gasteiger partial charge in [-0.05, 0) is 6.92 Å². The number of carbonyl (C=O) groups excluding carboxylic acids is 1. The van der Waals surface area contributed by atoms with Gasteiger partial charge in [0.15, 0.2) is 0 Å². The van der Waals surface area contributed by atoms with E-state index in [1.165, 1.54) is 0 Å². The van der Waals surface area contributed by atoms with Crippen molar-refractivity contribution in [2.75, 3.05) is 6.54 Å². The lowest BCUT2D eigenvalue weighted by atomic mass is 10.1.